The fraction of sp³-hybridized carbons (Fsp3) is 0.300. The lowest BCUT2D eigenvalue weighted by molar-refractivity contribution is 0.156. The summed E-state index contributed by atoms with van der Waals surface area (Å²) < 4.78 is 33.6. The molecule has 5 nitrogen and oxygen atoms in total. The van der Waals surface area contributed by atoms with Crippen molar-refractivity contribution < 1.29 is 17.7 Å². The van der Waals surface area contributed by atoms with Crippen molar-refractivity contribution in [2.24, 2.45) is 0 Å². The summed E-state index contributed by atoms with van der Waals surface area (Å²) in [6.45, 7) is 0.283. The molecular weight excluding hydrogens is 262 g/mol. The fourth-order valence-electron chi connectivity index (χ4n) is 1.34. The van der Waals surface area contributed by atoms with Gasteiger partial charge in [-0.05, 0) is 11.4 Å². The standard InChI is InChI=1S/C10H11NO4S2/c1-14-5-9-4-8(11-15-9)7-17(12,13)10-2-3-16-6-10/h2-4,6H,5,7H2,1H3. The summed E-state index contributed by atoms with van der Waals surface area (Å²) in [6.07, 6.45) is 0. The molecule has 0 saturated heterocycles. The van der Waals surface area contributed by atoms with Gasteiger partial charge in [0.05, 0.1) is 10.6 Å². The molecule has 0 atom stereocenters. The Labute approximate surface area is 103 Å². The van der Waals surface area contributed by atoms with E-state index < -0.39 is 9.84 Å². The molecule has 0 fully saturated rings. The van der Waals surface area contributed by atoms with Crippen molar-refractivity contribution in [1.82, 2.24) is 5.16 Å². The monoisotopic (exact) mass is 273 g/mol. The first-order valence-electron chi connectivity index (χ1n) is 4.80. The van der Waals surface area contributed by atoms with Crippen molar-refractivity contribution in [2.45, 2.75) is 17.3 Å². The number of ether oxygens (including phenoxy) is 1. The van der Waals surface area contributed by atoms with Crippen molar-refractivity contribution in [3.63, 3.8) is 0 Å². The largest absolute Gasteiger partial charge is 0.377 e. The van der Waals surface area contributed by atoms with E-state index in [9.17, 15) is 8.42 Å². The van der Waals surface area contributed by atoms with Gasteiger partial charge < -0.3 is 9.26 Å². The SMILES string of the molecule is COCc1cc(CS(=O)(=O)c2ccsc2)no1. The molecule has 0 spiro atoms. The Kier molecular flexibility index (Phi) is 3.60. The van der Waals surface area contributed by atoms with Crippen LogP contribution in [0.5, 0.6) is 0 Å². The molecule has 0 radical (unpaired) electrons. The van der Waals surface area contributed by atoms with Crippen molar-refractivity contribution in [2.75, 3.05) is 7.11 Å². The van der Waals surface area contributed by atoms with Crippen LogP contribution in [0.15, 0.2) is 32.3 Å². The third-order valence-corrected chi connectivity index (χ3v) is 4.57. The maximum atomic E-state index is 11.9. The summed E-state index contributed by atoms with van der Waals surface area (Å²) in [4.78, 5) is 0.318. The number of methoxy groups -OCH3 is 1. The lowest BCUT2D eigenvalue weighted by Crippen LogP contribution is -2.03. The Morgan fingerprint density at radius 2 is 2.35 bits per heavy atom. The number of hydrogen-bond acceptors (Lipinski definition) is 6. The number of hydrogen-bond donors (Lipinski definition) is 0. The van der Waals surface area contributed by atoms with E-state index in [4.69, 9.17) is 9.26 Å². The average molecular weight is 273 g/mol. The predicted molar refractivity (Wildman–Crippen MR) is 62.4 cm³/mol. The maximum Gasteiger partial charge on any atom is 0.185 e. The predicted octanol–water partition coefficient (Wildman–Crippen LogP) is 1.86. The first-order valence-corrected chi connectivity index (χ1v) is 7.39. The Morgan fingerprint density at radius 1 is 1.53 bits per heavy atom. The lowest BCUT2D eigenvalue weighted by atomic mass is 10.4. The van der Waals surface area contributed by atoms with Crippen LogP contribution in [-0.2, 0) is 26.9 Å². The van der Waals surface area contributed by atoms with Gasteiger partial charge in [0.2, 0.25) is 0 Å². The minimum atomic E-state index is -3.32. The van der Waals surface area contributed by atoms with Crippen LogP contribution in [0, 0.1) is 0 Å². The zero-order chi connectivity index (χ0) is 12.3. The van der Waals surface area contributed by atoms with E-state index in [1.54, 1.807) is 22.9 Å². The van der Waals surface area contributed by atoms with Crippen LogP contribution >= 0.6 is 11.3 Å². The molecule has 92 valence electrons. The van der Waals surface area contributed by atoms with E-state index in [2.05, 4.69) is 5.16 Å². The van der Waals surface area contributed by atoms with Gasteiger partial charge in [-0.3, -0.25) is 0 Å². The summed E-state index contributed by atoms with van der Waals surface area (Å²) in [5, 5.41) is 7.03. The van der Waals surface area contributed by atoms with E-state index in [1.165, 1.54) is 18.4 Å². The highest BCUT2D eigenvalue weighted by molar-refractivity contribution is 7.90. The van der Waals surface area contributed by atoms with Crippen LogP contribution in [-0.4, -0.2) is 20.7 Å². The van der Waals surface area contributed by atoms with Crippen LogP contribution in [0.3, 0.4) is 0 Å². The third kappa shape index (κ3) is 2.93. The van der Waals surface area contributed by atoms with E-state index in [-0.39, 0.29) is 12.4 Å². The Morgan fingerprint density at radius 3 is 3.00 bits per heavy atom. The Hall–Kier alpha value is -1.18. The van der Waals surface area contributed by atoms with Crippen molar-refractivity contribution >= 4 is 21.2 Å². The molecule has 7 heteroatoms. The van der Waals surface area contributed by atoms with E-state index >= 15 is 0 Å². The normalized spacial score (nSPS) is 11.8. The van der Waals surface area contributed by atoms with Crippen LogP contribution in [0.2, 0.25) is 0 Å². The molecule has 0 bridgehead atoms. The molecule has 17 heavy (non-hydrogen) atoms. The minimum Gasteiger partial charge on any atom is -0.377 e. The van der Waals surface area contributed by atoms with Crippen LogP contribution in [0.1, 0.15) is 11.5 Å². The van der Waals surface area contributed by atoms with Gasteiger partial charge in [0, 0.05) is 18.6 Å². The van der Waals surface area contributed by atoms with Crippen LogP contribution < -0.4 is 0 Å². The van der Waals surface area contributed by atoms with Gasteiger partial charge in [0.25, 0.3) is 0 Å². The molecule has 0 N–H and O–H groups in total. The van der Waals surface area contributed by atoms with Gasteiger partial charge in [-0.1, -0.05) is 5.16 Å². The van der Waals surface area contributed by atoms with Crippen molar-refractivity contribution in [1.29, 1.82) is 0 Å². The van der Waals surface area contributed by atoms with Gasteiger partial charge in [0.1, 0.15) is 12.4 Å². The molecule has 0 aromatic carbocycles. The molecule has 2 rings (SSSR count). The van der Waals surface area contributed by atoms with Crippen LogP contribution in [0.4, 0.5) is 0 Å². The third-order valence-electron chi connectivity index (χ3n) is 2.09. The summed E-state index contributed by atoms with van der Waals surface area (Å²) in [5.41, 5.74) is 0.392. The lowest BCUT2D eigenvalue weighted by Gasteiger charge is -1.97. The molecule has 2 aromatic heterocycles. The number of sulfone groups is 1. The second-order valence-electron chi connectivity index (χ2n) is 3.44. The van der Waals surface area contributed by atoms with Gasteiger partial charge in [-0.2, -0.15) is 11.3 Å². The summed E-state index contributed by atoms with van der Waals surface area (Å²) in [7, 11) is -1.79. The molecular formula is C10H11NO4S2. The molecule has 0 aliphatic heterocycles. The zero-order valence-electron chi connectivity index (χ0n) is 9.12. The minimum absolute atomic E-state index is 0.156. The van der Waals surface area contributed by atoms with Gasteiger partial charge in [0.15, 0.2) is 15.6 Å². The second-order valence-corrected chi connectivity index (χ2v) is 6.21. The molecule has 0 aliphatic carbocycles. The van der Waals surface area contributed by atoms with E-state index in [1.807, 2.05) is 0 Å². The van der Waals surface area contributed by atoms with E-state index in [0.717, 1.165) is 0 Å². The summed E-state index contributed by atoms with van der Waals surface area (Å²) in [6, 6.07) is 3.17. The molecule has 0 amide bonds. The number of rotatable bonds is 5. The number of nitrogens with zero attached hydrogens (tertiary/aromatic N) is 1. The first kappa shape index (κ1) is 12.3. The summed E-state index contributed by atoms with van der Waals surface area (Å²) in [5.74, 6) is 0.361. The van der Waals surface area contributed by atoms with E-state index in [0.29, 0.717) is 16.3 Å². The molecule has 0 aliphatic rings. The highest BCUT2D eigenvalue weighted by Crippen LogP contribution is 2.19. The summed E-state index contributed by atoms with van der Waals surface area (Å²) >= 11 is 1.35. The Balaban J connectivity index is 2.15. The van der Waals surface area contributed by atoms with Gasteiger partial charge in [-0.25, -0.2) is 8.42 Å². The fourth-order valence-corrected chi connectivity index (χ4v) is 3.66. The second kappa shape index (κ2) is 4.99. The molecule has 2 aromatic rings. The quantitative estimate of drug-likeness (QED) is 0.831. The maximum absolute atomic E-state index is 11.9. The highest BCUT2D eigenvalue weighted by atomic mass is 32.2. The molecule has 0 unspecified atom stereocenters. The topological polar surface area (TPSA) is 69.4 Å². The first-order chi connectivity index (χ1) is 8.12. The van der Waals surface area contributed by atoms with Crippen molar-refractivity contribution in [3.05, 3.63) is 34.3 Å². The molecule has 2 heterocycles. The zero-order valence-corrected chi connectivity index (χ0v) is 10.8. The number of aromatic nitrogens is 1. The average Bonchev–Trinajstić information content (AvgIpc) is 2.88. The van der Waals surface area contributed by atoms with Gasteiger partial charge in [-0.15, -0.1) is 0 Å². The van der Waals surface area contributed by atoms with Gasteiger partial charge >= 0.3 is 0 Å². The smallest absolute Gasteiger partial charge is 0.185 e. The van der Waals surface area contributed by atoms with Crippen molar-refractivity contribution in [3.8, 4) is 0 Å². The number of thiophene rings is 1. The Bertz CT molecular complexity index is 571. The highest BCUT2D eigenvalue weighted by Gasteiger charge is 2.18. The van der Waals surface area contributed by atoms with Crippen LogP contribution in [0.25, 0.3) is 0 Å². The molecule has 0 saturated carbocycles.